The Morgan fingerprint density at radius 1 is 0.968 bits per heavy atom. The summed E-state index contributed by atoms with van der Waals surface area (Å²) in [5, 5.41) is 2.73. The van der Waals surface area contributed by atoms with E-state index in [1.165, 1.54) is 39.4 Å². The number of rotatable bonds is 7. The number of anilines is 2. The van der Waals surface area contributed by atoms with Gasteiger partial charge in [-0.25, -0.2) is 4.79 Å². The first-order valence-corrected chi connectivity index (χ1v) is 9.51. The van der Waals surface area contributed by atoms with Crippen molar-refractivity contribution in [3.8, 4) is 17.2 Å². The standard InChI is InChI=1S/C22H24N2O7/c1-28-14-5-7-17(16(10-14)22(27)31-4)23-21(26)13-9-20(25)24(12-13)18-11-15(29-2)6-8-19(18)30-3/h5-8,10-11,13H,9,12H2,1-4H3,(H,23,26). The Labute approximate surface area is 179 Å². The van der Waals surface area contributed by atoms with Crippen LogP contribution in [0.4, 0.5) is 11.4 Å². The molecule has 1 unspecified atom stereocenters. The van der Waals surface area contributed by atoms with Gasteiger partial charge in [0.05, 0.1) is 51.3 Å². The zero-order chi connectivity index (χ0) is 22.5. The molecular formula is C22H24N2O7. The summed E-state index contributed by atoms with van der Waals surface area (Å²) in [7, 11) is 5.76. The van der Waals surface area contributed by atoms with Crippen molar-refractivity contribution < 1.29 is 33.3 Å². The molecule has 9 heteroatoms. The van der Waals surface area contributed by atoms with Crippen LogP contribution in [0.25, 0.3) is 0 Å². The Morgan fingerprint density at radius 2 is 1.65 bits per heavy atom. The van der Waals surface area contributed by atoms with E-state index in [0.29, 0.717) is 22.9 Å². The Kier molecular flexibility index (Phi) is 6.64. The maximum absolute atomic E-state index is 12.9. The largest absolute Gasteiger partial charge is 0.497 e. The number of nitrogens with zero attached hydrogens (tertiary/aromatic N) is 1. The van der Waals surface area contributed by atoms with Gasteiger partial charge in [-0.1, -0.05) is 0 Å². The van der Waals surface area contributed by atoms with Gasteiger partial charge >= 0.3 is 5.97 Å². The molecule has 0 spiro atoms. The van der Waals surface area contributed by atoms with Crippen LogP contribution in [0.5, 0.6) is 17.2 Å². The molecule has 2 aromatic rings. The van der Waals surface area contributed by atoms with E-state index in [1.807, 2.05) is 0 Å². The molecule has 1 atom stereocenters. The van der Waals surface area contributed by atoms with E-state index in [9.17, 15) is 14.4 Å². The van der Waals surface area contributed by atoms with Gasteiger partial charge in [0.2, 0.25) is 11.8 Å². The summed E-state index contributed by atoms with van der Waals surface area (Å²) >= 11 is 0. The van der Waals surface area contributed by atoms with Crippen molar-refractivity contribution in [3.05, 3.63) is 42.0 Å². The van der Waals surface area contributed by atoms with Crippen LogP contribution in [0, 0.1) is 5.92 Å². The molecule has 164 valence electrons. The third-order valence-electron chi connectivity index (χ3n) is 5.06. The zero-order valence-electron chi connectivity index (χ0n) is 17.8. The van der Waals surface area contributed by atoms with E-state index in [1.54, 1.807) is 30.3 Å². The van der Waals surface area contributed by atoms with Crippen molar-refractivity contribution in [1.82, 2.24) is 0 Å². The van der Waals surface area contributed by atoms with Gasteiger partial charge < -0.3 is 29.2 Å². The highest BCUT2D eigenvalue weighted by molar-refractivity contribution is 6.06. The highest BCUT2D eigenvalue weighted by Gasteiger charge is 2.37. The fourth-order valence-electron chi connectivity index (χ4n) is 3.40. The molecule has 2 aromatic carbocycles. The Hall–Kier alpha value is -3.75. The quantitative estimate of drug-likeness (QED) is 0.676. The third kappa shape index (κ3) is 4.55. The summed E-state index contributed by atoms with van der Waals surface area (Å²) in [6, 6.07) is 9.78. The van der Waals surface area contributed by atoms with Gasteiger partial charge in [0, 0.05) is 19.0 Å². The minimum atomic E-state index is -0.615. The number of esters is 1. The summed E-state index contributed by atoms with van der Waals surface area (Å²) in [4.78, 5) is 39.2. The van der Waals surface area contributed by atoms with Gasteiger partial charge in [0.1, 0.15) is 17.2 Å². The number of nitrogens with one attached hydrogen (secondary N) is 1. The molecule has 0 aromatic heterocycles. The minimum absolute atomic E-state index is 0.0237. The van der Waals surface area contributed by atoms with Crippen molar-refractivity contribution >= 4 is 29.2 Å². The van der Waals surface area contributed by atoms with Gasteiger partial charge in [-0.15, -0.1) is 0 Å². The van der Waals surface area contributed by atoms with E-state index in [-0.39, 0.29) is 36.0 Å². The molecule has 1 aliphatic heterocycles. The first-order chi connectivity index (χ1) is 14.9. The van der Waals surface area contributed by atoms with E-state index in [0.717, 1.165) is 0 Å². The lowest BCUT2D eigenvalue weighted by Crippen LogP contribution is -2.28. The Balaban J connectivity index is 1.81. The number of hydrogen-bond donors (Lipinski definition) is 1. The predicted molar refractivity (Wildman–Crippen MR) is 113 cm³/mol. The summed E-state index contributed by atoms with van der Waals surface area (Å²) in [6.45, 7) is 0.165. The average molecular weight is 428 g/mol. The van der Waals surface area contributed by atoms with Crippen LogP contribution in [-0.2, 0) is 14.3 Å². The molecule has 1 N–H and O–H groups in total. The lowest BCUT2D eigenvalue weighted by atomic mass is 10.1. The first kappa shape index (κ1) is 21.9. The second-order valence-electron chi connectivity index (χ2n) is 6.84. The second kappa shape index (κ2) is 9.38. The SMILES string of the molecule is COC(=O)c1cc(OC)ccc1NC(=O)C1CC(=O)N(c2cc(OC)ccc2OC)C1. The van der Waals surface area contributed by atoms with E-state index in [2.05, 4.69) is 5.32 Å². The summed E-state index contributed by atoms with van der Waals surface area (Å²) in [6.07, 6.45) is 0.0237. The normalized spacial score (nSPS) is 15.4. The predicted octanol–water partition coefficient (Wildman–Crippen LogP) is 2.49. The third-order valence-corrected chi connectivity index (χ3v) is 5.06. The molecule has 0 aliphatic carbocycles. The van der Waals surface area contributed by atoms with Gasteiger partial charge in [0.15, 0.2) is 0 Å². The smallest absolute Gasteiger partial charge is 0.340 e. The number of carbonyl (C=O) groups excluding carboxylic acids is 3. The minimum Gasteiger partial charge on any atom is -0.497 e. The van der Waals surface area contributed by atoms with Crippen molar-refractivity contribution in [2.45, 2.75) is 6.42 Å². The number of benzene rings is 2. The lowest BCUT2D eigenvalue weighted by Gasteiger charge is -2.20. The number of ether oxygens (including phenoxy) is 4. The topological polar surface area (TPSA) is 103 Å². The molecule has 2 amide bonds. The summed E-state index contributed by atoms with van der Waals surface area (Å²) in [5.41, 5.74) is 0.968. The average Bonchev–Trinajstić information content (AvgIpc) is 3.19. The second-order valence-corrected chi connectivity index (χ2v) is 6.84. The first-order valence-electron chi connectivity index (χ1n) is 9.51. The van der Waals surface area contributed by atoms with E-state index < -0.39 is 11.9 Å². The molecule has 3 rings (SSSR count). The highest BCUT2D eigenvalue weighted by atomic mass is 16.5. The summed E-state index contributed by atoms with van der Waals surface area (Å²) in [5.74, 6) is -0.306. The fraction of sp³-hybridized carbons (Fsp3) is 0.318. The van der Waals surface area contributed by atoms with Crippen molar-refractivity contribution in [2.24, 2.45) is 5.92 Å². The maximum Gasteiger partial charge on any atom is 0.340 e. The van der Waals surface area contributed by atoms with Gasteiger partial charge in [-0.05, 0) is 30.3 Å². The molecule has 1 heterocycles. The van der Waals surface area contributed by atoms with Crippen LogP contribution in [0.1, 0.15) is 16.8 Å². The van der Waals surface area contributed by atoms with Crippen LogP contribution in [-0.4, -0.2) is 52.8 Å². The molecule has 9 nitrogen and oxygen atoms in total. The molecule has 0 radical (unpaired) electrons. The van der Waals surface area contributed by atoms with Gasteiger partial charge in [0.25, 0.3) is 0 Å². The fourth-order valence-corrected chi connectivity index (χ4v) is 3.40. The Morgan fingerprint density at radius 3 is 2.29 bits per heavy atom. The lowest BCUT2D eigenvalue weighted by molar-refractivity contribution is -0.122. The maximum atomic E-state index is 12.9. The van der Waals surface area contributed by atoms with E-state index >= 15 is 0 Å². The number of hydrogen-bond acceptors (Lipinski definition) is 7. The van der Waals surface area contributed by atoms with Crippen LogP contribution >= 0.6 is 0 Å². The number of carbonyl (C=O) groups is 3. The van der Waals surface area contributed by atoms with Crippen molar-refractivity contribution in [3.63, 3.8) is 0 Å². The molecule has 31 heavy (non-hydrogen) atoms. The number of amides is 2. The molecule has 1 saturated heterocycles. The Bertz CT molecular complexity index is 1010. The molecule has 0 bridgehead atoms. The summed E-state index contributed by atoms with van der Waals surface area (Å²) < 4.78 is 20.5. The van der Waals surface area contributed by atoms with Crippen LogP contribution in [0.15, 0.2) is 36.4 Å². The molecule has 1 fully saturated rings. The van der Waals surface area contributed by atoms with Crippen LogP contribution in [0.3, 0.4) is 0 Å². The van der Waals surface area contributed by atoms with Crippen molar-refractivity contribution in [1.29, 1.82) is 0 Å². The number of methoxy groups -OCH3 is 4. The van der Waals surface area contributed by atoms with E-state index in [4.69, 9.17) is 18.9 Å². The molecule has 1 aliphatic rings. The molecule has 0 saturated carbocycles. The monoisotopic (exact) mass is 428 g/mol. The van der Waals surface area contributed by atoms with Crippen LogP contribution in [0.2, 0.25) is 0 Å². The van der Waals surface area contributed by atoms with Crippen LogP contribution < -0.4 is 24.4 Å². The zero-order valence-corrected chi connectivity index (χ0v) is 17.8. The van der Waals surface area contributed by atoms with Crippen molar-refractivity contribution in [2.75, 3.05) is 45.2 Å². The van der Waals surface area contributed by atoms with Gasteiger partial charge in [-0.3, -0.25) is 9.59 Å². The van der Waals surface area contributed by atoms with Gasteiger partial charge in [-0.2, -0.15) is 0 Å². The highest BCUT2D eigenvalue weighted by Crippen LogP contribution is 2.36. The molecular weight excluding hydrogens is 404 g/mol.